The Labute approximate surface area is 115 Å². The highest BCUT2D eigenvalue weighted by atomic mass is 32.2. The Hall–Kier alpha value is -2.13. The first-order chi connectivity index (χ1) is 9.27. The van der Waals surface area contributed by atoms with Crippen LogP contribution in [-0.2, 0) is 10.0 Å². The molecule has 2 rings (SSSR count). The number of nitrogens with one attached hydrogen (secondary N) is 1. The van der Waals surface area contributed by atoms with E-state index in [1.807, 2.05) is 0 Å². The average Bonchev–Trinajstić information content (AvgIpc) is 3.00. The van der Waals surface area contributed by atoms with Gasteiger partial charge in [0, 0.05) is 0 Å². The summed E-state index contributed by atoms with van der Waals surface area (Å²) < 4.78 is 31.3. The number of nitrogens with zero attached hydrogens (tertiary/aromatic N) is 2. The van der Waals surface area contributed by atoms with Crippen molar-refractivity contribution >= 4 is 21.6 Å². The number of sulfonamides is 1. The van der Waals surface area contributed by atoms with Crippen molar-refractivity contribution in [3.8, 4) is 0 Å². The topological polar surface area (TPSA) is 120 Å². The van der Waals surface area contributed by atoms with Crippen molar-refractivity contribution in [2.24, 2.45) is 0 Å². The normalized spacial score (nSPS) is 11.8. The lowest BCUT2D eigenvalue weighted by Gasteiger charge is -2.00. The van der Waals surface area contributed by atoms with Gasteiger partial charge in [0.15, 0.2) is 5.76 Å². The first-order valence-corrected chi connectivity index (χ1v) is 7.16. The summed E-state index contributed by atoms with van der Waals surface area (Å²) in [6, 6.07) is 2.48. The van der Waals surface area contributed by atoms with Gasteiger partial charge < -0.3 is 10.2 Å². The number of furan rings is 1. The smallest absolute Gasteiger partial charge is 0.314 e. The fraction of sp³-hybridized carbons (Fsp3) is 0.273. The van der Waals surface area contributed by atoms with E-state index in [-0.39, 0.29) is 10.9 Å². The summed E-state index contributed by atoms with van der Waals surface area (Å²) in [5, 5.41) is 3.66. The number of rotatable bonds is 3. The Morgan fingerprint density at radius 3 is 2.55 bits per heavy atom. The molecule has 0 saturated heterocycles. The van der Waals surface area contributed by atoms with Gasteiger partial charge in [-0.15, -0.1) is 0 Å². The van der Waals surface area contributed by atoms with Crippen molar-refractivity contribution in [2.45, 2.75) is 18.9 Å². The maximum atomic E-state index is 12.2. The standard InChI is InChI=1S/C11H14N4O4S/c1-6-10(12)7(2)15(14-6)11(16)8-4-5-9(19-8)20(17,18)13-3/h4-5,13H,12H2,1-3H3. The average molecular weight is 298 g/mol. The van der Waals surface area contributed by atoms with Gasteiger partial charge in [-0.2, -0.15) is 9.78 Å². The largest absolute Gasteiger partial charge is 0.438 e. The Balaban J connectivity index is 2.43. The van der Waals surface area contributed by atoms with Crippen LogP contribution in [0.25, 0.3) is 0 Å². The summed E-state index contributed by atoms with van der Waals surface area (Å²) in [6.07, 6.45) is 0. The Morgan fingerprint density at radius 2 is 2.05 bits per heavy atom. The number of anilines is 1. The van der Waals surface area contributed by atoms with E-state index < -0.39 is 15.9 Å². The second kappa shape index (κ2) is 4.76. The fourth-order valence-corrected chi connectivity index (χ4v) is 2.28. The molecule has 0 aliphatic carbocycles. The van der Waals surface area contributed by atoms with Crippen molar-refractivity contribution < 1.29 is 17.6 Å². The SMILES string of the molecule is CNS(=O)(=O)c1ccc(C(=O)n2nc(C)c(N)c2C)o1. The number of aromatic nitrogens is 2. The molecule has 0 aliphatic rings. The zero-order valence-electron chi connectivity index (χ0n) is 11.2. The monoisotopic (exact) mass is 298 g/mol. The lowest BCUT2D eigenvalue weighted by molar-refractivity contribution is 0.0909. The molecular weight excluding hydrogens is 284 g/mol. The second-order valence-electron chi connectivity index (χ2n) is 4.13. The van der Waals surface area contributed by atoms with Gasteiger partial charge >= 0.3 is 5.91 Å². The first-order valence-electron chi connectivity index (χ1n) is 5.67. The third-order valence-corrected chi connectivity index (χ3v) is 4.15. The van der Waals surface area contributed by atoms with Crippen molar-refractivity contribution in [3.63, 3.8) is 0 Å². The summed E-state index contributed by atoms with van der Waals surface area (Å²) >= 11 is 0. The number of nitrogens with two attached hydrogens (primary N) is 1. The van der Waals surface area contributed by atoms with Crippen molar-refractivity contribution in [2.75, 3.05) is 12.8 Å². The van der Waals surface area contributed by atoms with E-state index in [4.69, 9.17) is 10.2 Å². The van der Waals surface area contributed by atoms with E-state index in [0.717, 1.165) is 4.68 Å². The van der Waals surface area contributed by atoms with Gasteiger partial charge in [0.05, 0.1) is 17.1 Å². The maximum Gasteiger partial charge on any atom is 0.314 e. The molecule has 0 bridgehead atoms. The Morgan fingerprint density at radius 1 is 1.40 bits per heavy atom. The molecule has 2 aromatic heterocycles. The minimum absolute atomic E-state index is 0.135. The van der Waals surface area contributed by atoms with Gasteiger partial charge in [-0.25, -0.2) is 13.1 Å². The van der Waals surface area contributed by atoms with E-state index in [1.54, 1.807) is 13.8 Å². The summed E-state index contributed by atoms with van der Waals surface area (Å²) in [6.45, 7) is 3.31. The van der Waals surface area contributed by atoms with Crippen molar-refractivity contribution in [1.29, 1.82) is 0 Å². The van der Waals surface area contributed by atoms with Crippen LogP contribution in [0.15, 0.2) is 21.6 Å². The summed E-state index contributed by atoms with van der Waals surface area (Å²) in [5.41, 5.74) is 7.15. The predicted octanol–water partition coefficient (Wildman–Crippen LogP) is 0.272. The first kappa shape index (κ1) is 14.3. The van der Waals surface area contributed by atoms with Crippen LogP contribution >= 0.6 is 0 Å². The summed E-state index contributed by atoms with van der Waals surface area (Å²) in [5.74, 6) is -0.718. The minimum Gasteiger partial charge on any atom is -0.438 e. The molecule has 0 aromatic carbocycles. The molecule has 20 heavy (non-hydrogen) atoms. The summed E-state index contributed by atoms with van der Waals surface area (Å²) in [7, 11) is -2.48. The van der Waals surface area contributed by atoms with Crippen LogP contribution in [-0.4, -0.2) is 31.2 Å². The van der Waals surface area contributed by atoms with Gasteiger partial charge in [0.25, 0.3) is 10.0 Å². The zero-order valence-corrected chi connectivity index (χ0v) is 12.0. The zero-order chi connectivity index (χ0) is 15.1. The molecule has 0 saturated carbocycles. The molecule has 0 atom stereocenters. The highest BCUT2D eigenvalue weighted by Crippen LogP contribution is 2.19. The molecule has 2 heterocycles. The van der Waals surface area contributed by atoms with E-state index in [9.17, 15) is 13.2 Å². The van der Waals surface area contributed by atoms with Gasteiger partial charge in [-0.05, 0) is 33.0 Å². The number of hydrogen-bond acceptors (Lipinski definition) is 6. The molecule has 9 heteroatoms. The Bertz CT molecular complexity index is 772. The van der Waals surface area contributed by atoms with E-state index in [1.165, 1.54) is 19.2 Å². The van der Waals surface area contributed by atoms with Gasteiger partial charge in [-0.1, -0.05) is 0 Å². The van der Waals surface area contributed by atoms with Crippen molar-refractivity contribution in [3.05, 3.63) is 29.3 Å². The van der Waals surface area contributed by atoms with Gasteiger partial charge in [0.1, 0.15) is 0 Å². The minimum atomic E-state index is -3.73. The van der Waals surface area contributed by atoms with Gasteiger partial charge in [-0.3, -0.25) is 4.79 Å². The molecule has 0 amide bonds. The molecular formula is C11H14N4O4S. The van der Waals surface area contributed by atoms with E-state index in [0.29, 0.717) is 17.1 Å². The third kappa shape index (κ3) is 2.21. The van der Waals surface area contributed by atoms with Crippen LogP contribution < -0.4 is 10.5 Å². The Kier molecular flexibility index (Phi) is 3.40. The van der Waals surface area contributed by atoms with E-state index >= 15 is 0 Å². The highest BCUT2D eigenvalue weighted by molar-refractivity contribution is 7.89. The molecule has 0 unspecified atom stereocenters. The quantitative estimate of drug-likeness (QED) is 0.839. The molecule has 108 valence electrons. The molecule has 8 nitrogen and oxygen atoms in total. The number of nitrogen functional groups attached to an aromatic ring is 1. The lowest BCUT2D eigenvalue weighted by atomic mass is 10.3. The van der Waals surface area contributed by atoms with Crippen molar-refractivity contribution in [1.82, 2.24) is 14.5 Å². The number of aryl methyl sites for hydroxylation is 1. The number of carbonyl (C=O) groups excluding carboxylic acids is 1. The third-order valence-electron chi connectivity index (χ3n) is 2.87. The van der Waals surface area contributed by atoms with Crippen LogP contribution in [0.4, 0.5) is 5.69 Å². The van der Waals surface area contributed by atoms with Crippen LogP contribution in [0, 0.1) is 13.8 Å². The highest BCUT2D eigenvalue weighted by Gasteiger charge is 2.23. The predicted molar refractivity (Wildman–Crippen MR) is 70.8 cm³/mol. The molecule has 0 aliphatic heterocycles. The van der Waals surface area contributed by atoms with Crippen LogP contribution in [0.3, 0.4) is 0 Å². The maximum absolute atomic E-state index is 12.2. The molecule has 0 fully saturated rings. The number of carbonyl (C=O) groups is 1. The number of hydrogen-bond donors (Lipinski definition) is 2. The van der Waals surface area contributed by atoms with Crippen LogP contribution in [0.5, 0.6) is 0 Å². The second-order valence-corrected chi connectivity index (χ2v) is 5.95. The molecule has 0 spiro atoms. The summed E-state index contributed by atoms with van der Waals surface area (Å²) in [4.78, 5) is 12.2. The fourth-order valence-electron chi connectivity index (χ4n) is 1.64. The molecule has 2 aromatic rings. The lowest BCUT2D eigenvalue weighted by Crippen LogP contribution is -2.18. The van der Waals surface area contributed by atoms with Crippen LogP contribution in [0.1, 0.15) is 21.9 Å². The van der Waals surface area contributed by atoms with Gasteiger partial charge in [0.2, 0.25) is 5.09 Å². The van der Waals surface area contributed by atoms with E-state index in [2.05, 4.69) is 9.82 Å². The van der Waals surface area contributed by atoms with Crippen LogP contribution in [0.2, 0.25) is 0 Å². The molecule has 0 radical (unpaired) electrons. The molecule has 3 N–H and O–H groups in total.